The van der Waals surface area contributed by atoms with E-state index in [2.05, 4.69) is 25.6 Å². The van der Waals surface area contributed by atoms with Gasteiger partial charge in [0.05, 0.1) is 6.54 Å². The lowest BCUT2D eigenvalue weighted by Gasteiger charge is -2.09. The van der Waals surface area contributed by atoms with Crippen LogP contribution in [0.15, 0.2) is 67.1 Å². The molecule has 0 saturated heterocycles. The van der Waals surface area contributed by atoms with Gasteiger partial charge in [-0.1, -0.05) is 24.3 Å². The van der Waals surface area contributed by atoms with Gasteiger partial charge in [-0.3, -0.25) is 4.98 Å². The maximum absolute atomic E-state index is 5.63. The Hall–Kier alpha value is -3.15. The Morgan fingerprint density at radius 3 is 2.67 bits per heavy atom. The van der Waals surface area contributed by atoms with E-state index >= 15 is 0 Å². The van der Waals surface area contributed by atoms with E-state index in [4.69, 9.17) is 4.74 Å². The maximum Gasteiger partial charge on any atom is 0.224 e. The molecule has 0 bridgehead atoms. The highest BCUT2D eigenvalue weighted by molar-refractivity contribution is 5.39. The number of pyridine rings is 1. The summed E-state index contributed by atoms with van der Waals surface area (Å²) >= 11 is 0. The van der Waals surface area contributed by atoms with Crippen LogP contribution in [0.1, 0.15) is 5.56 Å². The van der Waals surface area contributed by atoms with E-state index in [-0.39, 0.29) is 0 Å². The standard InChI is InChI=1S/C18H19N5O/c1-2-6-16(7-3-1)24-12-11-20-17-8-10-21-18(23-17)22-14-15-5-4-9-19-13-15/h1-10,13H,11-12,14H2,(H2,20,21,22,23). The van der Waals surface area contributed by atoms with Crippen LogP contribution >= 0.6 is 0 Å². The fourth-order valence-corrected chi connectivity index (χ4v) is 2.09. The highest BCUT2D eigenvalue weighted by Crippen LogP contribution is 2.09. The molecule has 2 heterocycles. The molecule has 0 radical (unpaired) electrons. The highest BCUT2D eigenvalue weighted by atomic mass is 16.5. The third kappa shape index (κ3) is 4.95. The summed E-state index contributed by atoms with van der Waals surface area (Å²) in [4.78, 5) is 12.7. The molecule has 0 aliphatic heterocycles. The summed E-state index contributed by atoms with van der Waals surface area (Å²) in [5.41, 5.74) is 1.08. The van der Waals surface area contributed by atoms with Gasteiger partial charge in [-0.25, -0.2) is 4.98 Å². The van der Waals surface area contributed by atoms with E-state index in [0.717, 1.165) is 17.1 Å². The second kappa shape index (κ2) is 8.47. The van der Waals surface area contributed by atoms with Crippen molar-refractivity contribution in [3.05, 3.63) is 72.7 Å². The Morgan fingerprint density at radius 2 is 1.83 bits per heavy atom. The van der Waals surface area contributed by atoms with Gasteiger partial charge in [0.25, 0.3) is 0 Å². The molecule has 2 N–H and O–H groups in total. The topological polar surface area (TPSA) is 72.0 Å². The fourth-order valence-electron chi connectivity index (χ4n) is 2.09. The van der Waals surface area contributed by atoms with Gasteiger partial charge in [-0.05, 0) is 29.8 Å². The predicted molar refractivity (Wildman–Crippen MR) is 94.0 cm³/mol. The molecule has 0 saturated carbocycles. The van der Waals surface area contributed by atoms with E-state index in [0.29, 0.717) is 25.6 Å². The van der Waals surface area contributed by atoms with Crippen molar-refractivity contribution in [1.82, 2.24) is 15.0 Å². The van der Waals surface area contributed by atoms with Gasteiger partial charge in [-0.15, -0.1) is 0 Å². The Kier molecular flexibility index (Phi) is 5.56. The van der Waals surface area contributed by atoms with Gasteiger partial charge >= 0.3 is 0 Å². The number of hydrogen-bond acceptors (Lipinski definition) is 6. The average molecular weight is 321 g/mol. The Balaban J connectivity index is 1.45. The first-order chi connectivity index (χ1) is 11.9. The highest BCUT2D eigenvalue weighted by Gasteiger charge is 2.00. The summed E-state index contributed by atoms with van der Waals surface area (Å²) < 4.78 is 5.63. The minimum atomic E-state index is 0.562. The summed E-state index contributed by atoms with van der Waals surface area (Å²) in [6, 6.07) is 15.5. The van der Waals surface area contributed by atoms with Crippen LogP contribution in [-0.4, -0.2) is 28.1 Å². The monoisotopic (exact) mass is 321 g/mol. The van der Waals surface area contributed by atoms with Gasteiger partial charge in [0, 0.05) is 25.1 Å². The fraction of sp³-hybridized carbons (Fsp3) is 0.167. The normalized spacial score (nSPS) is 10.2. The molecule has 2 aromatic heterocycles. The van der Waals surface area contributed by atoms with Crippen molar-refractivity contribution in [2.24, 2.45) is 0 Å². The minimum Gasteiger partial charge on any atom is -0.492 e. The third-order valence-corrected chi connectivity index (χ3v) is 3.25. The van der Waals surface area contributed by atoms with Crippen molar-refractivity contribution in [2.75, 3.05) is 23.8 Å². The summed E-state index contributed by atoms with van der Waals surface area (Å²) in [5.74, 6) is 2.20. The lowest BCUT2D eigenvalue weighted by Crippen LogP contribution is -2.13. The molecule has 0 aliphatic rings. The molecule has 0 fully saturated rings. The van der Waals surface area contributed by atoms with E-state index in [1.165, 1.54) is 0 Å². The van der Waals surface area contributed by atoms with Crippen LogP contribution in [0.3, 0.4) is 0 Å². The molecule has 0 atom stereocenters. The van der Waals surface area contributed by atoms with Crippen molar-refractivity contribution < 1.29 is 4.74 Å². The predicted octanol–water partition coefficient (Wildman–Crippen LogP) is 2.97. The molecule has 0 amide bonds. The van der Waals surface area contributed by atoms with Gasteiger partial charge < -0.3 is 15.4 Å². The smallest absolute Gasteiger partial charge is 0.224 e. The summed E-state index contributed by atoms with van der Waals surface area (Å²) in [7, 11) is 0. The van der Waals surface area contributed by atoms with E-state index in [1.807, 2.05) is 54.7 Å². The molecule has 122 valence electrons. The van der Waals surface area contributed by atoms with Crippen LogP contribution < -0.4 is 15.4 Å². The zero-order valence-electron chi connectivity index (χ0n) is 13.2. The first-order valence-electron chi connectivity index (χ1n) is 7.78. The number of nitrogens with one attached hydrogen (secondary N) is 2. The molecule has 3 aromatic rings. The van der Waals surface area contributed by atoms with Gasteiger partial charge in [-0.2, -0.15) is 4.98 Å². The molecule has 0 spiro atoms. The SMILES string of the molecule is c1ccc(OCCNc2ccnc(NCc3cccnc3)n2)cc1. The van der Waals surface area contributed by atoms with Crippen LogP contribution in [0, 0.1) is 0 Å². The second-order valence-corrected chi connectivity index (χ2v) is 5.07. The molecule has 0 aliphatic carbocycles. The molecule has 0 unspecified atom stereocenters. The number of anilines is 2. The zero-order valence-corrected chi connectivity index (χ0v) is 13.2. The van der Waals surface area contributed by atoms with Crippen LogP contribution in [0.5, 0.6) is 5.75 Å². The summed E-state index contributed by atoms with van der Waals surface area (Å²) in [6.45, 7) is 1.86. The maximum atomic E-state index is 5.63. The number of para-hydroxylation sites is 1. The number of hydrogen-bond donors (Lipinski definition) is 2. The number of nitrogens with zero attached hydrogens (tertiary/aromatic N) is 3. The average Bonchev–Trinajstić information content (AvgIpc) is 2.66. The first-order valence-corrected chi connectivity index (χ1v) is 7.78. The number of rotatable bonds is 8. The zero-order chi connectivity index (χ0) is 16.5. The van der Waals surface area contributed by atoms with Crippen molar-refractivity contribution >= 4 is 11.8 Å². The molecule has 6 heteroatoms. The van der Waals surface area contributed by atoms with E-state index < -0.39 is 0 Å². The molecule has 3 rings (SSSR count). The lowest BCUT2D eigenvalue weighted by atomic mass is 10.3. The number of aromatic nitrogens is 3. The molecule has 6 nitrogen and oxygen atoms in total. The van der Waals surface area contributed by atoms with Gasteiger partial charge in [0.2, 0.25) is 5.95 Å². The van der Waals surface area contributed by atoms with Crippen LogP contribution in [0.2, 0.25) is 0 Å². The first kappa shape index (κ1) is 15.7. The minimum absolute atomic E-state index is 0.562. The van der Waals surface area contributed by atoms with Crippen molar-refractivity contribution in [3.8, 4) is 5.75 Å². The van der Waals surface area contributed by atoms with Crippen molar-refractivity contribution in [3.63, 3.8) is 0 Å². The van der Waals surface area contributed by atoms with Gasteiger partial charge in [0.1, 0.15) is 18.2 Å². The van der Waals surface area contributed by atoms with Crippen LogP contribution in [0.4, 0.5) is 11.8 Å². The molecule has 1 aromatic carbocycles. The quantitative estimate of drug-likeness (QED) is 0.622. The summed E-state index contributed by atoms with van der Waals surface area (Å²) in [5, 5.41) is 6.41. The molecular weight excluding hydrogens is 302 g/mol. The Bertz CT molecular complexity index is 737. The Labute approximate surface area is 141 Å². The van der Waals surface area contributed by atoms with E-state index in [9.17, 15) is 0 Å². The Morgan fingerprint density at radius 1 is 0.917 bits per heavy atom. The van der Waals surface area contributed by atoms with E-state index in [1.54, 1.807) is 12.4 Å². The molecule has 24 heavy (non-hydrogen) atoms. The second-order valence-electron chi connectivity index (χ2n) is 5.07. The molecular formula is C18H19N5O. The lowest BCUT2D eigenvalue weighted by molar-refractivity contribution is 0.333. The van der Waals surface area contributed by atoms with Gasteiger partial charge in [0.15, 0.2) is 0 Å². The van der Waals surface area contributed by atoms with Crippen molar-refractivity contribution in [2.45, 2.75) is 6.54 Å². The summed E-state index contributed by atoms with van der Waals surface area (Å²) in [6.07, 6.45) is 5.29. The van der Waals surface area contributed by atoms with Crippen molar-refractivity contribution in [1.29, 1.82) is 0 Å². The number of ether oxygens (including phenoxy) is 1. The number of benzene rings is 1. The van der Waals surface area contributed by atoms with Crippen LogP contribution in [0.25, 0.3) is 0 Å². The van der Waals surface area contributed by atoms with Crippen LogP contribution in [-0.2, 0) is 6.54 Å². The largest absolute Gasteiger partial charge is 0.492 e. The third-order valence-electron chi connectivity index (χ3n) is 3.25.